The maximum Gasteiger partial charge on any atom is 0.320 e. The van der Waals surface area contributed by atoms with Gasteiger partial charge in [-0.15, -0.1) is 0 Å². The van der Waals surface area contributed by atoms with Crippen molar-refractivity contribution in [2.75, 3.05) is 45.3 Å². The zero-order valence-corrected chi connectivity index (χ0v) is 16.9. The number of furan rings is 1. The molecule has 2 atom stereocenters. The summed E-state index contributed by atoms with van der Waals surface area (Å²) < 4.78 is 15.6. The summed E-state index contributed by atoms with van der Waals surface area (Å²) in [5.74, 6) is -0.445. The molecule has 3 heterocycles. The van der Waals surface area contributed by atoms with E-state index in [0.717, 1.165) is 24.5 Å². The molecule has 0 unspecified atom stereocenters. The molecule has 0 spiro atoms. The normalized spacial score (nSPS) is 21.7. The van der Waals surface area contributed by atoms with Gasteiger partial charge in [-0.25, -0.2) is 4.99 Å². The van der Waals surface area contributed by atoms with Crippen molar-refractivity contribution in [1.82, 2.24) is 10.2 Å². The number of methoxy groups -OCH3 is 2. The Labute approximate surface area is 174 Å². The number of esters is 1. The average Bonchev–Trinajstić information content (AvgIpc) is 3.33. The molecule has 158 valence electrons. The van der Waals surface area contributed by atoms with Gasteiger partial charge in [0.15, 0.2) is 5.92 Å². The number of amides is 1. The first kappa shape index (κ1) is 19.8. The second-order valence-electron chi connectivity index (χ2n) is 7.08. The smallest absolute Gasteiger partial charge is 0.320 e. The first-order valence-electron chi connectivity index (χ1n) is 9.74. The van der Waals surface area contributed by atoms with Crippen molar-refractivity contribution in [2.24, 2.45) is 10.9 Å². The number of carbonyl (C=O) groups is 2. The number of piperazine rings is 1. The maximum atomic E-state index is 12.7. The van der Waals surface area contributed by atoms with Crippen molar-refractivity contribution in [3.63, 3.8) is 0 Å². The van der Waals surface area contributed by atoms with E-state index in [0.29, 0.717) is 24.8 Å². The Morgan fingerprint density at radius 3 is 2.57 bits per heavy atom. The fourth-order valence-electron chi connectivity index (χ4n) is 3.76. The van der Waals surface area contributed by atoms with E-state index in [-0.39, 0.29) is 0 Å². The van der Waals surface area contributed by atoms with Crippen LogP contribution < -0.4 is 15.0 Å². The van der Waals surface area contributed by atoms with Gasteiger partial charge in [0.2, 0.25) is 11.9 Å². The molecule has 0 aliphatic carbocycles. The highest BCUT2D eigenvalue weighted by Crippen LogP contribution is 2.31. The topological polar surface area (TPSA) is 96.6 Å². The van der Waals surface area contributed by atoms with Crippen LogP contribution in [-0.4, -0.2) is 63.1 Å². The predicted molar refractivity (Wildman–Crippen MR) is 109 cm³/mol. The van der Waals surface area contributed by atoms with Crippen molar-refractivity contribution >= 4 is 23.5 Å². The van der Waals surface area contributed by atoms with E-state index < -0.39 is 23.8 Å². The summed E-state index contributed by atoms with van der Waals surface area (Å²) in [4.78, 5) is 33.8. The third kappa shape index (κ3) is 3.83. The lowest BCUT2D eigenvalue weighted by Gasteiger charge is -2.39. The van der Waals surface area contributed by atoms with E-state index >= 15 is 0 Å². The summed E-state index contributed by atoms with van der Waals surface area (Å²) in [6.07, 6.45) is 1.50. The molecule has 1 saturated heterocycles. The van der Waals surface area contributed by atoms with Crippen LogP contribution in [0.15, 0.2) is 52.1 Å². The number of aliphatic imine (C=N–C) groups is 1. The van der Waals surface area contributed by atoms with Crippen molar-refractivity contribution < 1.29 is 23.5 Å². The number of anilines is 1. The van der Waals surface area contributed by atoms with E-state index in [1.807, 2.05) is 29.2 Å². The molecule has 9 heteroatoms. The largest absolute Gasteiger partial charge is 0.497 e. The van der Waals surface area contributed by atoms with E-state index in [4.69, 9.17) is 13.9 Å². The lowest BCUT2D eigenvalue weighted by Crippen LogP contribution is -2.57. The molecule has 9 nitrogen and oxygen atoms in total. The Morgan fingerprint density at radius 2 is 1.90 bits per heavy atom. The van der Waals surface area contributed by atoms with Crippen molar-refractivity contribution in [3.05, 3.63) is 48.4 Å². The third-order valence-corrected chi connectivity index (χ3v) is 5.38. The van der Waals surface area contributed by atoms with Crippen LogP contribution in [0.25, 0.3) is 0 Å². The van der Waals surface area contributed by atoms with Crippen molar-refractivity contribution in [2.45, 2.75) is 6.04 Å². The first-order chi connectivity index (χ1) is 14.6. The maximum absolute atomic E-state index is 12.7. The Bertz CT molecular complexity index is 935. The van der Waals surface area contributed by atoms with E-state index in [2.05, 4.69) is 15.2 Å². The minimum atomic E-state index is -1.08. The number of rotatable bonds is 4. The Kier molecular flexibility index (Phi) is 5.60. The van der Waals surface area contributed by atoms with Gasteiger partial charge in [0.1, 0.15) is 17.6 Å². The molecule has 2 aliphatic rings. The van der Waals surface area contributed by atoms with Gasteiger partial charge in [0.05, 0.1) is 20.5 Å². The van der Waals surface area contributed by atoms with Gasteiger partial charge in [-0.05, 0) is 24.3 Å². The van der Waals surface area contributed by atoms with Crippen LogP contribution in [0.3, 0.4) is 0 Å². The molecule has 2 aliphatic heterocycles. The zero-order valence-electron chi connectivity index (χ0n) is 16.9. The Balaban J connectivity index is 1.51. The molecule has 1 amide bonds. The number of hydrogen-bond acceptors (Lipinski definition) is 8. The summed E-state index contributed by atoms with van der Waals surface area (Å²) in [7, 11) is 2.91. The summed E-state index contributed by atoms with van der Waals surface area (Å²) in [6, 6.07) is 10.6. The SMILES string of the molecule is COC(=O)[C@@H]1C(=O)NC(N2CCN(c3cccc(OC)c3)CC2)=N[C@H]1c1ccco1. The molecular weight excluding hydrogens is 388 g/mol. The van der Waals surface area contributed by atoms with Gasteiger partial charge in [0.25, 0.3) is 0 Å². The van der Waals surface area contributed by atoms with E-state index in [1.165, 1.54) is 13.4 Å². The molecule has 1 aromatic heterocycles. The first-order valence-corrected chi connectivity index (χ1v) is 9.74. The van der Waals surface area contributed by atoms with Crippen LogP contribution in [0.1, 0.15) is 11.8 Å². The minimum Gasteiger partial charge on any atom is -0.497 e. The van der Waals surface area contributed by atoms with Crippen LogP contribution in [0, 0.1) is 5.92 Å². The predicted octanol–water partition coefficient (Wildman–Crippen LogP) is 1.43. The Hall–Kier alpha value is -3.49. The van der Waals surface area contributed by atoms with Crippen molar-refractivity contribution in [1.29, 1.82) is 0 Å². The molecule has 30 heavy (non-hydrogen) atoms. The summed E-state index contributed by atoms with van der Waals surface area (Å²) in [5.41, 5.74) is 1.09. The summed E-state index contributed by atoms with van der Waals surface area (Å²) in [6.45, 7) is 2.86. The van der Waals surface area contributed by atoms with Crippen LogP contribution in [0.5, 0.6) is 5.75 Å². The van der Waals surface area contributed by atoms with Gasteiger partial charge in [-0.2, -0.15) is 0 Å². The van der Waals surface area contributed by atoms with Gasteiger partial charge < -0.3 is 23.7 Å². The standard InChI is InChI=1S/C21H24N4O5/c1-28-15-6-3-5-14(13-15)24-8-10-25(11-9-24)21-22-18(16-7-4-12-30-16)17(19(26)23-21)20(27)29-2/h3-7,12-13,17-18H,8-11H2,1-2H3,(H,22,23,26)/t17-,18-/m0/s1. The molecule has 0 bridgehead atoms. The Morgan fingerprint density at radius 1 is 1.13 bits per heavy atom. The second-order valence-corrected chi connectivity index (χ2v) is 7.08. The molecule has 2 aromatic rings. The van der Waals surface area contributed by atoms with Gasteiger partial charge in [-0.1, -0.05) is 6.07 Å². The number of nitrogens with zero attached hydrogens (tertiary/aromatic N) is 3. The number of hydrogen-bond donors (Lipinski definition) is 1. The number of guanidine groups is 1. The second kappa shape index (κ2) is 8.48. The highest BCUT2D eigenvalue weighted by Gasteiger charge is 2.43. The molecule has 0 saturated carbocycles. The van der Waals surface area contributed by atoms with Crippen LogP contribution >= 0.6 is 0 Å². The number of benzene rings is 1. The monoisotopic (exact) mass is 412 g/mol. The van der Waals surface area contributed by atoms with E-state index in [1.54, 1.807) is 19.2 Å². The fourth-order valence-corrected chi connectivity index (χ4v) is 3.76. The quantitative estimate of drug-likeness (QED) is 0.599. The number of ether oxygens (including phenoxy) is 2. The lowest BCUT2D eigenvalue weighted by atomic mass is 9.95. The van der Waals surface area contributed by atoms with Crippen molar-refractivity contribution in [3.8, 4) is 5.75 Å². The van der Waals surface area contributed by atoms with Gasteiger partial charge >= 0.3 is 5.97 Å². The van der Waals surface area contributed by atoms with Gasteiger partial charge in [-0.3, -0.25) is 14.9 Å². The minimum absolute atomic E-state index is 0.441. The lowest BCUT2D eigenvalue weighted by molar-refractivity contribution is -0.151. The highest BCUT2D eigenvalue weighted by atomic mass is 16.5. The molecule has 1 fully saturated rings. The molecule has 4 rings (SSSR count). The van der Waals surface area contributed by atoms with Crippen LogP contribution in [-0.2, 0) is 14.3 Å². The molecule has 1 N–H and O–H groups in total. The zero-order chi connectivity index (χ0) is 21.1. The number of nitrogens with one attached hydrogen (secondary N) is 1. The summed E-state index contributed by atoms with van der Waals surface area (Å²) >= 11 is 0. The van der Waals surface area contributed by atoms with Crippen LogP contribution in [0.2, 0.25) is 0 Å². The molecular formula is C21H24N4O5. The van der Waals surface area contributed by atoms with Crippen LogP contribution in [0.4, 0.5) is 5.69 Å². The van der Waals surface area contributed by atoms with Gasteiger partial charge in [0, 0.05) is 37.9 Å². The summed E-state index contributed by atoms with van der Waals surface area (Å²) in [5, 5.41) is 2.77. The average molecular weight is 412 g/mol. The molecule has 1 aromatic carbocycles. The number of carbonyl (C=O) groups excluding carboxylic acids is 2. The molecule has 0 radical (unpaired) electrons. The highest BCUT2D eigenvalue weighted by molar-refractivity contribution is 6.08. The third-order valence-electron chi connectivity index (χ3n) is 5.38. The van der Waals surface area contributed by atoms with E-state index in [9.17, 15) is 9.59 Å². The fraction of sp³-hybridized carbons (Fsp3) is 0.381.